The first-order valence-electron chi connectivity index (χ1n) is 8.27. The Kier molecular flexibility index (Phi) is 6.05. The van der Waals surface area contributed by atoms with Crippen LogP contribution >= 0.6 is 0 Å². The summed E-state index contributed by atoms with van der Waals surface area (Å²) >= 11 is 0. The summed E-state index contributed by atoms with van der Waals surface area (Å²) < 4.78 is 29.2. The number of nitrogens with zero attached hydrogens (tertiary/aromatic N) is 3. The van der Waals surface area contributed by atoms with E-state index in [1.165, 1.54) is 11.2 Å². The summed E-state index contributed by atoms with van der Waals surface area (Å²) in [4.78, 5) is 16.1. The minimum atomic E-state index is -1.60. The molecule has 0 aliphatic carbocycles. The zero-order valence-corrected chi connectivity index (χ0v) is 16.4. The molecule has 0 aliphatic rings. The maximum absolute atomic E-state index is 13.0. The van der Waals surface area contributed by atoms with Crippen LogP contribution in [0.3, 0.4) is 0 Å². The average Bonchev–Trinajstić information content (AvgIpc) is 3.19. The Morgan fingerprint density at radius 3 is 2.07 bits per heavy atom. The first kappa shape index (κ1) is 19.6. The molecule has 0 N–H and O–H groups in total. The van der Waals surface area contributed by atoms with Gasteiger partial charge in [-0.3, -0.25) is 0 Å². The molecule has 9 heteroatoms. The summed E-state index contributed by atoms with van der Waals surface area (Å²) in [7, 11) is 2.79. The van der Waals surface area contributed by atoms with Gasteiger partial charge in [0.1, 0.15) is 22.5 Å². The second-order valence-corrected chi connectivity index (χ2v) is 6.94. The van der Waals surface area contributed by atoms with Crippen LogP contribution in [-0.4, -0.2) is 45.7 Å². The second kappa shape index (κ2) is 8.66. The Morgan fingerprint density at radius 1 is 0.964 bits per heavy atom. The number of methoxy groups -OCH3 is 3. The van der Waals surface area contributed by atoms with Crippen molar-refractivity contribution in [3.05, 3.63) is 59.9 Å². The van der Waals surface area contributed by atoms with Crippen LogP contribution in [-0.2, 0) is 21.5 Å². The van der Waals surface area contributed by atoms with Gasteiger partial charge in [-0.25, -0.2) is 9.00 Å². The number of aromatic nitrogens is 3. The molecule has 0 saturated heterocycles. The van der Waals surface area contributed by atoms with E-state index >= 15 is 0 Å². The van der Waals surface area contributed by atoms with Gasteiger partial charge in [0.2, 0.25) is 0 Å². The highest BCUT2D eigenvalue weighted by Crippen LogP contribution is 2.23. The quantitative estimate of drug-likeness (QED) is 0.562. The largest absolute Gasteiger partial charge is 0.497 e. The molecule has 0 saturated carbocycles. The zero-order valence-electron chi connectivity index (χ0n) is 15.6. The zero-order chi connectivity index (χ0) is 20.1. The number of hydrogen-bond acceptors (Lipinski definition) is 7. The Labute approximate surface area is 164 Å². The molecule has 1 atom stereocenters. The van der Waals surface area contributed by atoms with Crippen LogP contribution in [0, 0.1) is 0 Å². The third-order valence-corrected chi connectivity index (χ3v) is 5.16. The van der Waals surface area contributed by atoms with Crippen molar-refractivity contribution in [1.82, 2.24) is 14.2 Å². The molecule has 3 aromatic rings. The first-order valence-corrected chi connectivity index (χ1v) is 9.55. The number of esters is 1. The van der Waals surface area contributed by atoms with Gasteiger partial charge in [0.25, 0.3) is 5.82 Å². The maximum atomic E-state index is 13.0. The highest BCUT2D eigenvalue weighted by molar-refractivity contribution is 7.82. The molecule has 0 aliphatic heterocycles. The Morgan fingerprint density at radius 2 is 1.54 bits per heavy atom. The van der Waals surface area contributed by atoms with E-state index in [1.54, 1.807) is 50.6 Å². The van der Waals surface area contributed by atoms with Gasteiger partial charge in [-0.1, -0.05) is 12.1 Å². The summed E-state index contributed by atoms with van der Waals surface area (Å²) in [5, 5.41) is 4.10. The smallest absolute Gasteiger partial charge is 0.378 e. The van der Waals surface area contributed by atoms with Crippen molar-refractivity contribution in [1.29, 1.82) is 0 Å². The second-order valence-electron chi connectivity index (χ2n) is 5.67. The lowest BCUT2D eigenvalue weighted by molar-refractivity contribution is 0.0587. The number of rotatable bonds is 7. The molecule has 1 heterocycles. The van der Waals surface area contributed by atoms with Crippen LogP contribution in [0.4, 0.5) is 0 Å². The maximum Gasteiger partial charge on any atom is 0.378 e. The van der Waals surface area contributed by atoms with Gasteiger partial charge in [0.15, 0.2) is 5.82 Å². The topological polar surface area (TPSA) is 92.5 Å². The number of benzene rings is 2. The van der Waals surface area contributed by atoms with Crippen molar-refractivity contribution in [3.8, 4) is 22.9 Å². The van der Waals surface area contributed by atoms with E-state index in [0.29, 0.717) is 22.9 Å². The predicted molar refractivity (Wildman–Crippen MR) is 104 cm³/mol. The fraction of sp³-hybridized carbons (Fsp3) is 0.211. The number of carbonyl (C=O) groups excluding carboxylic acids is 1. The molecule has 0 amide bonds. The van der Waals surface area contributed by atoms with Crippen molar-refractivity contribution in [2.24, 2.45) is 0 Å². The molecule has 3 rings (SSSR count). The number of hydrogen-bond donors (Lipinski definition) is 0. The van der Waals surface area contributed by atoms with Gasteiger partial charge < -0.3 is 14.2 Å². The van der Waals surface area contributed by atoms with E-state index in [0.717, 1.165) is 5.56 Å². The third-order valence-electron chi connectivity index (χ3n) is 3.94. The van der Waals surface area contributed by atoms with Crippen LogP contribution in [0.15, 0.2) is 48.5 Å². The van der Waals surface area contributed by atoms with Gasteiger partial charge >= 0.3 is 5.97 Å². The summed E-state index contributed by atoms with van der Waals surface area (Å²) in [5.74, 6) is 1.02. The molecule has 8 nitrogen and oxygen atoms in total. The summed E-state index contributed by atoms with van der Waals surface area (Å²) in [6, 6.07) is 14.2. The molecule has 0 radical (unpaired) electrons. The highest BCUT2D eigenvalue weighted by Gasteiger charge is 2.21. The lowest BCUT2D eigenvalue weighted by Crippen LogP contribution is -2.12. The first-order chi connectivity index (χ1) is 13.5. The third kappa shape index (κ3) is 4.20. The minimum absolute atomic E-state index is 0.156. The van der Waals surface area contributed by atoms with Gasteiger partial charge in [0, 0.05) is 5.56 Å². The van der Waals surface area contributed by atoms with Crippen molar-refractivity contribution >= 4 is 17.0 Å². The summed E-state index contributed by atoms with van der Waals surface area (Å²) in [6.07, 6.45) is 0. The van der Waals surface area contributed by atoms with Gasteiger partial charge in [-0.05, 0) is 42.0 Å². The Balaban J connectivity index is 1.95. The molecular weight excluding hydrogens is 382 g/mol. The molecule has 2 aromatic carbocycles. The Bertz CT molecular complexity index is 984. The number of ether oxygens (including phenoxy) is 3. The lowest BCUT2D eigenvalue weighted by atomic mass is 10.2. The van der Waals surface area contributed by atoms with Crippen molar-refractivity contribution in [2.75, 3.05) is 21.3 Å². The van der Waals surface area contributed by atoms with Gasteiger partial charge in [-0.15, -0.1) is 5.10 Å². The number of carbonyl (C=O) groups is 1. The fourth-order valence-electron chi connectivity index (χ4n) is 2.46. The van der Waals surface area contributed by atoms with E-state index in [9.17, 15) is 9.00 Å². The molecule has 146 valence electrons. The average molecular weight is 401 g/mol. The molecular formula is C19H19N3O5S. The van der Waals surface area contributed by atoms with E-state index in [2.05, 4.69) is 10.1 Å². The Hall–Kier alpha value is -3.20. The van der Waals surface area contributed by atoms with Crippen LogP contribution in [0.1, 0.15) is 16.2 Å². The predicted octanol–water partition coefficient (Wildman–Crippen LogP) is 2.46. The van der Waals surface area contributed by atoms with Crippen molar-refractivity contribution in [3.63, 3.8) is 0 Å². The SMILES string of the molecule is COC(=O)c1nc(-c2ccc(OC)cc2)n(S(=O)Cc2ccc(OC)cc2)n1. The van der Waals surface area contributed by atoms with Gasteiger partial charge in [-0.2, -0.15) is 9.07 Å². The fourth-order valence-corrected chi connectivity index (χ4v) is 3.57. The van der Waals surface area contributed by atoms with Crippen molar-refractivity contribution in [2.45, 2.75) is 5.75 Å². The summed E-state index contributed by atoms with van der Waals surface area (Å²) in [6.45, 7) is 0. The standard InChI is InChI=1S/C19H19N3O5S/c1-25-15-8-4-13(5-9-15)12-28(24)22-18(20-17(21-22)19(23)27-3)14-6-10-16(26-2)11-7-14/h4-11H,12H2,1-3H3. The minimum Gasteiger partial charge on any atom is -0.497 e. The normalized spacial score (nSPS) is 11.7. The summed E-state index contributed by atoms with van der Waals surface area (Å²) in [5.41, 5.74) is 1.47. The monoisotopic (exact) mass is 401 g/mol. The van der Waals surface area contributed by atoms with E-state index < -0.39 is 17.0 Å². The van der Waals surface area contributed by atoms with E-state index in [4.69, 9.17) is 14.2 Å². The molecule has 1 unspecified atom stereocenters. The lowest BCUT2D eigenvalue weighted by Gasteiger charge is -2.07. The molecule has 0 bridgehead atoms. The van der Waals surface area contributed by atoms with Crippen LogP contribution < -0.4 is 9.47 Å². The van der Waals surface area contributed by atoms with Crippen molar-refractivity contribution < 1.29 is 23.2 Å². The van der Waals surface area contributed by atoms with Crippen LogP contribution in [0.25, 0.3) is 11.4 Å². The van der Waals surface area contributed by atoms with E-state index in [1.807, 2.05) is 12.1 Å². The van der Waals surface area contributed by atoms with E-state index in [-0.39, 0.29) is 11.6 Å². The highest BCUT2D eigenvalue weighted by atomic mass is 32.2. The van der Waals surface area contributed by atoms with Crippen LogP contribution in [0.2, 0.25) is 0 Å². The molecule has 0 fully saturated rings. The van der Waals surface area contributed by atoms with Gasteiger partial charge in [0.05, 0.1) is 27.1 Å². The van der Waals surface area contributed by atoms with Crippen LogP contribution in [0.5, 0.6) is 11.5 Å². The molecule has 1 aromatic heterocycles. The molecule has 0 spiro atoms. The molecule has 28 heavy (non-hydrogen) atoms.